The van der Waals surface area contributed by atoms with E-state index in [1.54, 1.807) is 52.0 Å². The van der Waals surface area contributed by atoms with E-state index in [1.165, 1.54) is 0 Å². The van der Waals surface area contributed by atoms with Crippen molar-refractivity contribution in [2.75, 3.05) is 18.4 Å². The van der Waals surface area contributed by atoms with Gasteiger partial charge in [0.1, 0.15) is 18.7 Å². The number of anilines is 1. The van der Waals surface area contributed by atoms with Gasteiger partial charge in [-0.2, -0.15) is 0 Å². The zero-order valence-corrected chi connectivity index (χ0v) is 20.7. The predicted molar refractivity (Wildman–Crippen MR) is 131 cm³/mol. The fraction of sp³-hybridized carbons (Fsp3) is 0.565. The van der Waals surface area contributed by atoms with Gasteiger partial charge in [-0.3, -0.25) is 14.4 Å². The molecule has 0 aliphatic carbocycles. The smallest absolute Gasteiger partial charge is 0.407 e. The van der Waals surface area contributed by atoms with Crippen molar-refractivity contribution in [3.8, 4) is 0 Å². The van der Waals surface area contributed by atoms with Crippen molar-refractivity contribution in [2.24, 2.45) is 11.0 Å². The fourth-order valence-corrected chi connectivity index (χ4v) is 2.94. The highest BCUT2D eigenvalue weighted by molar-refractivity contribution is 5.98. The molecule has 0 aliphatic heterocycles. The lowest BCUT2D eigenvalue weighted by atomic mass is 10.0. The van der Waals surface area contributed by atoms with Crippen LogP contribution in [0.25, 0.3) is 10.4 Å². The Hall–Kier alpha value is -3.79. The summed E-state index contributed by atoms with van der Waals surface area (Å²) in [7, 11) is 0. The van der Waals surface area contributed by atoms with Crippen LogP contribution < -0.4 is 21.3 Å². The van der Waals surface area contributed by atoms with Crippen LogP contribution in [-0.4, -0.2) is 49.0 Å². The second-order valence-electron chi connectivity index (χ2n) is 8.22. The summed E-state index contributed by atoms with van der Waals surface area (Å²) in [6, 6.07) is 5.14. The number of unbranched alkanes of at least 4 members (excludes halogenated alkanes) is 1. The first-order valence-corrected chi connectivity index (χ1v) is 11.6. The molecule has 4 amide bonds. The molecular weight excluding hydrogens is 454 g/mol. The number of carbonyl (C=O) groups is 4. The number of amides is 4. The Bertz CT molecular complexity index is 898. The van der Waals surface area contributed by atoms with Gasteiger partial charge in [0.2, 0.25) is 17.7 Å². The summed E-state index contributed by atoms with van der Waals surface area (Å²) in [6.45, 7) is 7.83. The van der Waals surface area contributed by atoms with Crippen LogP contribution in [0.2, 0.25) is 0 Å². The normalized spacial score (nSPS) is 12.0. The maximum atomic E-state index is 12.7. The topological polar surface area (TPSA) is 174 Å². The molecule has 35 heavy (non-hydrogen) atoms. The maximum Gasteiger partial charge on any atom is 0.407 e. The molecule has 0 fully saturated rings. The van der Waals surface area contributed by atoms with Gasteiger partial charge >= 0.3 is 6.09 Å². The van der Waals surface area contributed by atoms with Crippen molar-refractivity contribution in [1.29, 1.82) is 0 Å². The SMILES string of the molecule is CCNC(=O)OCc1ccc(NC(=O)[C@H](C)NC(=O)[C@@H](NC(=O)CCCCN=[N+]=[N-])C(C)C)cc1. The standard InChI is InChI=1S/C23H35N7O5/c1-5-25-23(34)35-14-17-9-11-18(12-10-17)28-21(32)16(4)27-22(33)20(15(2)3)29-19(31)8-6-7-13-26-30-24/h9-12,15-16,20H,5-8,13-14H2,1-4H3,(H,25,34)(H,27,33)(H,28,32)(H,29,31)/t16-,20-/m0/s1. The Morgan fingerprint density at radius 3 is 2.31 bits per heavy atom. The van der Waals surface area contributed by atoms with Crippen molar-refractivity contribution in [3.63, 3.8) is 0 Å². The van der Waals surface area contributed by atoms with Crippen molar-refractivity contribution in [1.82, 2.24) is 16.0 Å². The predicted octanol–water partition coefficient (Wildman–Crippen LogP) is 3.00. The first kappa shape index (κ1) is 29.2. The molecule has 1 aromatic carbocycles. The highest BCUT2D eigenvalue weighted by atomic mass is 16.5. The molecule has 0 spiro atoms. The summed E-state index contributed by atoms with van der Waals surface area (Å²) in [5, 5.41) is 14.0. The van der Waals surface area contributed by atoms with Gasteiger partial charge in [0.05, 0.1) is 0 Å². The molecule has 0 aromatic heterocycles. The second kappa shape index (κ2) is 15.9. The third kappa shape index (κ3) is 11.8. The molecule has 12 nitrogen and oxygen atoms in total. The van der Waals surface area contributed by atoms with Crippen LogP contribution in [0.1, 0.15) is 52.5 Å². The third-order valence-electron chi connectivity index (χ3n) is 4.91. The maximum absolute atomic E-state index is 12.7. The van der Waals surface area contributed by atoms with Gasteiger partial charge in [-0.25, -0.2) is 4.79 Å². The van der Waals surface area contributed by atoms with E-state index in [0.29, 0.717) is 31.6 Å². The summed E-state index contributed by atoms with van der Waals surface area (Å²) in [4.78, 5) is 51.5. The van der Waals surface area contributed by atoms with Gasteiger partial charge < -0.3 is 26.0 Å². The van der Waals surface area contributed by atoms with Crippen molar-refractivity contribution < 1.29 is 23.9 Å². The summed E-state index contributed by atoms with van der Waals surface area (Å²) < 4.78 is 5.05. The van der Waals surface area contributed by atoms with Crippen LogP contribution >= 0.6 is 0 Å². The molecule has 0 radical (unpaired) electrons. The minimum atomic E-state index is -0.842. The number of nitrogens with one attached hydrogen (secondary N) is 4. The highest BCUT2D eigenvalue weighted by Gasteiger charge is 2.26. The molecule has 0 saturated carbocycles. The van der Waals surface area contributed by atoms with Gasteiger partial charge in [-0.15, -0.1) is 0 Å². The van der Waals surface area contributed by atoms with E-state index in [0.717, 1.165) is 5.56 Å². The van der Waals surface area contributed by atoms with E-state index in [1.807, 2.05) is 0 Å². The van der Waals surface area contributed by atoms with Gasteiger partial charge in [-0.05, 0) is 55.8 Å². The van der Waals surface area contributed by atoms with Crippen LogP contribution in [-0.2, 0) is 25.7 Å². The average Bonchev–Trinajstić information content (AvgIpc) is 2.81. The van der Waals surface area contributed by atoms with E-state index in [2.05, 4.69) is 31.3 Å². The molecule has 1 rings (SSSR count). The number of carbonyl (C=O) groups excluding carboxylic acids is 4. The van der Waals surface area contributed by atoms with Gasteiger partial charge in [0.25, 0.3) is 0 Å². The van der Waals surface area contributed by atoms with Gasteiger partial charge in [-0.1, -0.05) is 31.1 Å². The number of azide groups is 1. The molecule has 4 N–H and O–H groups in total. The minimum absolute atomic E-state index is 0.0998. The summed E-state index contributed by atoms with van der Waals surface area (Å²) in [5.74, 6) is -1.35. The van der Waals surface area contributed by atoms with E-state index in [4.69, 9.17) is 10.3 Å². The van der Waals surface area contributed by atoms with Crippen molar-refractivity contribution in [3.05, 3.63) is 40.3 Å². The Kier molecular flexibility index (Phi) is 13.3. The van der Waals surface area contributed by atoms with Crippen LogP contribution in [0, 0.1) is 5.92 Å². The molecule has 0 unspecified atom stereocenters. The Labute approximate surface area is 205 Å². The molecule has 0 heterocycles. The Morgan fingerprint density at radius 1 is 1.03 bits per heavy atom. The molecule has 192 valence electrons. The number of nitrogens with zero attached hydrogens (tertiary/aromatic N) is 3. The number of alkyl carbamates (subject to hydrolysis) is 1. The van der Waals surface area contributed by atoms with Crippen LogP contribution in [0.4, 0.5) is 10.5 Å². The van der Waals surface area contributed by atoms with E-state index < -0.39 is 30.0 Å². The van der Waals surface area contributed by atoms with Crippen molar-refractivity contribution >= 4 is 29.5 Å². The molecule has 1 aromatic rings. The zero-order valence-electron chi connectivity index (χ0n) is 20.7. The quantitative estimate of drug-likeness (QED) is 0.136. The lowest BCUT2D eigenvalue weighted by Crippen LogP contribution is -2.53. The molecule has 0 saturated heterocycles. The molecule has 12 heteroatoms. The number of benzene rings is 1. The monoisotopic (exact) mass is 489 g/mol. The number of rotatable bonds is 14. The first-order valence-electron chi connectivity index (χ1n) is 11.6. The second-order valence-corrected chi connectivity index (χ2v) is 8.22. The van der Waals surface area contributed by atoms with Crippen LogP contribution in [0.15, 0.2) is 29.4 Å². The molecule has 0 aliphatic rings. The summed E-state index contributed by atoms with van der Waals surface area (Å²) in [6.07, 6.45) is 0.816. The van der Waals surface area contributed by atoms with Crippen LogP contribution in [0.3, 0.4) is 0 Å². The van der Waals surface area contributed by atoms with Crippen molar-refractivity contribution in [2.45, 2.75) is 65.6 Å². The summed E-state index contributed by atoms with van der Waals surface area (Å²) >= 11 is 0. The number of ether oxygens (including phenoxy) is 1. The molecule has 2 atom stereocenters. The third-order valence-corrected chi connectivity index (χ3v) is 4.91. The lowest BCUT2D eigenvalue weighted by Gasteiger charge is -2.24. The fourth-order valence-electron chi connectivity index (χ4n) is 2.94. The number of hydrogen-bond acceptors (Lipinski definition) is 6. The number of hydrogen-bond donors (Lipinski definition) is 4. The first-order chi connectivity index (χ1) is 16.7. The Morgan fingerprint density at radius 2 is 1.71 bits per heavy atom. The molecule has 0 bridgehead atoms. The average molecular weight is 490 g/mol. The van der Waals surface area contributed by atoms with Crippen LogP contribution in [0.5, 0.6) is 0 Å². The van der Waals surface area contributed by atoms with Gasteiger partial charge in [0, 0.05) is 30.1 Å². The highest BCUT2D eigenvalue weighted by Crippen LogP contribution is 2.11. The van der Waals surface area contributed by atoms with E-state index >= 15 is 0 Å². The Balaban J connectivity index is 2.55. The summed E-state index contributed by atoms with van der Waals surface area (Å²) in [5.41, 5.74) is 9.54. The van der Waals surface area contributed by atoms with E-state index in [-0.39, 0.29) is 24.9 Å². The lowest BCUT2D eigenvalue weighted by molar-refractivity contribution is -0.131. The van der Waals surface area contributed by atoms with E-state index in [9.17, 15) is 19.2 Å². The molecular formula is C23H35N7O5. The minimum Gasteiger partial charge on any atom is -0.445 e. The largest absolute Gasteiger partial charge is 0.445 e. The van der Waals surface area contributed by atoms with Gasteiger partial charge in [0.15, 0.2) is 0 Å². The zero-order chi connectivity index (χ0) is 26.2.